The molecule has 0 saturated carbocycles. The number of rotatable bonds is 8. The SMILES string of the molecule is C=CCCc1ccc(C(CN)C(=C)Nc2ccc3cnccc3c2)cc1. The monoisotopic (exact) mass is 343 g/mol. The zero-order chi connectivity index (χ0) is 18.4. The van der Waals surface area contributed by atoms with Crippen molar-refractivity contribution in [3.8, 4) is 0 Å². The highest BCUT2D eigenvalue weighted by molar-refractivity contribution is 5.85. The third-order valence-corrected chi connectivity index (χ3v) is 4.62. The number of benzene rings is 2. The number of nitrogens with two attached hydrogens (primary N) is 1. The average Bonchev–Trinajstić information content (AvgIpc) is 2.68. The lowest BCUT2D eigenvalue weighted by molar-refractivity contribution is 0.806. The zero-order valence-electron chi connectivity index (χ0n) is 15.0. The van der Waals surface area contributed by atoms with Gasteiger partial charge in [-0.05, 0) is 47.6 Å². The van der Waals surface area contributed by atoms with Crippen LogP contribution in [0.25, 0.3) is 10.8 Å². The summed E-state index contributed by atoms with van der Waals surface area (Å²) in [6, 6.07) is 16.8. The Morgan fingerprint density at radius 2 is 1.92 bits per heavy atom. The van der Waals surface area contributed by atoms with Crippen molar-refractivity contribution in [2.45, 2.75) is 18.8 Å². The highest BCUT2D eigenvalue weighted by Gasteiger charge is 2.14. The summed E-state index contributed by atoms with van der Waals surface area (Å²) in [5, 5.41) is 5.69. The van der Waals surface area contributed by atoms with Crippen LogP contribution in [0.15, 0.2) is 85.9 Å². The maximum absolute atomic E-state index is 6.05. The summed E-state index contributed by atoms with van der Waals surface area (Å²) in [4.78, 5) is 4.15. The van der Waals surface area contributed by atoms with Crippen LogP contribution in [0.4, 0.5) is 5.69 Å². The number of hydrogen-bond acceptors (Lipinski definition) is 3. The van der Waals surface area contributed by atoms with Gasteiger partial charge in [0.1, 0.15) is 0 Å². The molecule has 1 aromatic heterocycles. The Balaban J connectivity index is 1.74. The molecule has 0 bridgehead atoms. The molecular weight excluding hydrogens is 318 g/mol. The third-order valence-electron chi connectivity index (χ3n) is 4.62. The summed E-state index contributed by atoms with van der Waals surface area (Å²) in [7, 11) is 0. The summed E-state index contributed by atoms with van der Waals surface area (Å²) in [6.07, 6.45) is 7.62. The molecule has 3 aromatic rings. The van der Waals surface area contributed by atoms with E-state index in [0.29, 0.717) is 6.54 Å². The summed E-state index contributed by atoms with van der Waals surface area (Å²) in [6.45, 7) is 8.52. The number of pyridine rings is 1. The molecule has 0 saturated heterocycles. The van der Waals surface area contributed by atoms with Gasteiger partial charge in [0, 0.05) is 41.6 Å². The van der Waals surface area contributed by atoms with Crippen LogP contribution >= 0.6 is 0 Å². The Hall–Kier alpha value is -2.91. The topological polar surface area (TPSA) is 50.9 Å². The van der Waals surface area contributed by atoms with Crippen LogP contribution in [-0.4, -0.2) is 11.5 Å². The molecule has 3 N–H and O–H groups in total. The normalized spacial score (nSPS) is 11.9. The van der Waals surface area contributed by atoms with Gasteiger partial charge in [0.2, 0.25) is 0 Å². The zero-order valence-corrected chi connectivity index (χ0v) is 15.0. The fourth-order valence-electron chi connectivity index (χ4n) is 3.10. The second kappa shape index (κ2) is 8.45. The highest BCUT2D eigenvalue weighted by Crippen LogP contribution is 2.26. The number of anilines is 1. The minimum atomic E-state index is 0.0663. The van der Waals surface area contributed by atoms with E-state index in [1.807, 2.05) is 24.4 Å². The maximum atomic E-state index is 6.05. The van der Waals surface area contributed by atoms with Gasteiger partial charge in [-0.2, -0.15) is 0 Å². The lowest BCUT2D eigenvalue weighted by Gasteiger charge is -2.20. The van der Waals surface area contributed by atoms with Crippen LogP contribution < -0.4 is 11.1 Å². The van der Waals surface area contributed by atoms with E-state index in [1.165, 1.54) is 11.1 Å². The van der Waals surface area contributed by atoms with Crippen molar-refractivity contribution in [3.63, 3.8) is 0 Å². The first-order valence-corrected chi connectivity index (χ1v) is 8.90. The van der Waals surface area contributed by atoms with E-state index in [2.05, 4.69) is 59.9 Å². The quantitative estimate of drug-likeness (QED) is 0.565. The first-order valence-electron chi connectivity index (χ1n) is 8.90. The number of fused-ring (bicyclic) bond motifs is 1. The van der Waals surface area contributed by atoms with Crippen LogP contribution in [0.5, 0.6) is 0 Å². The molecule has 2 aromatic carbocycles. The number of hydrogen-bond donors (Lipinski definition) is 2. The first kappa shape index (κ1) is 17.9. The van der Waals surface area contributed by atoms with Crippen LogP contribution in [0.1, 0.15) is 23.5 Å². The Labute approximate surface area is 155 Å². The minimum Gasteiger partial charge on any atom is -0.359 e. The molecule has 0 amide bonds. The van der Waals surface area contributed by atoms with E-state index in [9.17, 15) is 0 Å². The van der Waals surface area contributed by atoms with Gasteiger partial charge in [-0.25, -0.2) is 0 Å². The molecule has 0 spiro atoms. The number of allylic oxidation sites excluding steroid dienone is 1. The van der Waals surface area contributed by atoms with E-state index >= 15 is 0 Å². The molecule has 1 atom stereocenters. The number of aromatic nitrogens is 1. The first-order chi connectivity index (χ1) is 12.7. The Morgan fingerprint density at radius 1 is 1.12 bits per heavy atom. The molecule has 0 radical (unpaired) electrons. The summed E-state index contributed by atoms with van der Waals surface area (Å²) < 4.78 is 0. The van der Waals surface area contributed by atoms with E-state index < -0.39 is 0 Å². The van der Waals surface area contributed by atoms with Crippen molar-refractivity contribution >= 4 is 16.5 Å². The van der Waals surface area contributed by atoms with Crippen molar-refractivity contribution in [2.75, 3.05) is 11.9 Å². The molecule has 3 nitrogen and oxygen atoms in total. The molecular formula is C23H25N3. The van der Waals surface area contributed by atoms with E-state index in [0.717, 1.165) is 35.0 Å². The van der Waals surface area contributed by atoms with Crippen molar-refractivity contribution in [2.24, 2.45) is 5.73 Å². The lowest BCUT2D eigenvalue weighted by atomic mass is 9.94. The average molecular weight is 343 g/mol. The number of nitrogens with one attached hydrogen (secondary N) is 1. The van der Waals surface area contributed by atoms with Crippen LogP contribution in [0.2, 0.25) is 0 Å². The van der Waals surface area contributed by atoms with Crippen LogP contribution in [0, 0.1) is 0 Å². The molecule has 132 valence electrons. The molecule has 3 heteroatoms. The number of aryl methyl sites for hydroxylation is 1. The van der Waals surface area contributed by atoms with E-state index in [4.69, 9.17) is 5.73 Å². The summed E-state index contributed by atoms with van der Waals surface area (Å²) in [5.41, 5.74) is 10.4. The molecule has 1 heterocycles. The van der Waals surface area contributed by atoms with E-state index in [-0.39, 0.29) is 5.92 Å². The standard InChI is InChI=1S/C23H25N3/c1-3-4-5-18-6-8-19(9-7-18)23(15-24)17(2)26-22-11-10-21-16-25-13-12-20(21)14-22/h3,6-14,16,23,26H,1-2,4-5,15,24H2. The molecule has 0 aliphatic carbocycles. The molecule has 1 unspecified atom stereocenters. The minimum absolute atomic E-state index is 0.0663. The predicted octanol–water partition coefficient (Wildman–Crippen LogP) is 5.02. The van der Waals surface area contributed by atoms with Gasteiger partial charge < -0.3 is 11.1 Å². The van der Waals surface area contributed by atoms with Crippen molar-refractivity contribution < 1.29 is 0 Å². The van der Waals surface area contributed by atoms with E-state index in [1.54, 1.807) is 6.20 Å². The van der Waals surface area contributed by atoms with Gasteiger partial charge in [-0.15, -0.1) is 6.58 Å². The fourth-order valence-corrected chi connectivity index (χ4v) is 3.10. The molecule has 26 heavy (non-hydrogen) atoms. The van der Waals surface area contributed by atoms with Gasteiger partial charge >= 0.3 is 0 Å². The largest absolute Gasteiger partial charge is 0.359 e. The number of nitrogens with zero attached hydrogens (tertiary/aromatic N) is 1. The van der Waals surface area contributed by atoms with Gasteiger partial charge in [0.15, 0.2) is 0 Å². The van der Waals surface area contributed by atoms with Crippen molar-refractivity contribution in [1.82, 2.24) is 4.98 Å². The predicted molar refractivity (Wildman–Crippen MR) is 111 cm³/mol. The molecule has 3 rings (SSSR count). The van der Waals surface area contributed by atoms with Gasteiger partial charge in [-0.3, -0.25) is 4.98 Å². The summed E-state index contributed by atoms with van der Waals surface area (Å²) in [5.74, 6) is 0.0663. The smallest absolute Gasteiger partial charge is 0.0388 e. The summed E-state index contributed by atoms with van der Waals surface area (Å²) >= 11 is 0. The van der Waals surface area contributed by atoms with Gasteiger partial charge in [0.25, 0.3) is 0 Å². The second-order valence-corrected chi connectivity index (χ2v) is 6.45. The van der Waals surface area contributed by atoms with Crippen LogP contribution in [-0.2, 0) is 6.42 Å². The lowest BCUT2D eigenvalue weighted by Crippen LogP contribution is -2.18. The Kier molecular flexibility index (Phi) is 5.82. The second-order valence-electron chi connectivity index (χ2n) is 6.45. The maximum Gasteiger partial charge on any atom is 0.0388 e. The highest BCUT2D eigenvalue weighted by atomic mass is 14.9. The van der Waals surface area contributed by atoms with Gasteiger partial charge in [-0.1, -0.05) is 43.0 Å². The molecule has 0 aliphatic rings. The molecule has 0 aliphatic heterocycles. The Bertz CT molecular complexity index is 897. The van der Waals surface area contributed by atoms with Crippen molar-refractivity contribution in [1.29, 1.82) is 0 Å². The van der Waals surface area contributed by atoms with Gasteiger partial charge in [0.05, 0.1) is 0 Å². The van der Waals surface area contributed by atoms with Crippen molar-refractivity contribution in [3.05, 3.63) is 97.0 Å². The fraction of sp³-hybridized carbons (Fsp3) is 0.174. The van der Waals surface area contributed by atoms with Crippen LogP contribution in [0.3, 0.4) is 0 Å². The third kappa shape index (κ3) is 4.19. The Morgan fingerprint density at radius 3 is 2.65 bits per heavy atom. The molecule has 0 fully saturated rings.